The van der Waals surface area contributed by atoms with Crippen molar-refractivity contribution in [2.24, 2.45) is 0 Å². The van der Waals surface area contributed by atoms with Crippen LogP contribution < -0.4 is 0 Å². The monoisotopic (exact) mass is 557 g/mol. The lowest BCUT2D eigenvalue weighted by Gasteiger charge is -2.41. The molecule has 1 aliphatic rings. The minimum atomic E-state index is -4.77. The van der Waals surface area contributed by atoms with Crippen LogP contribution in [-0.4, -0.2) is 76.0 Å². The molecule has 1 aromatic heterocycles. The molecule has 3 aromatic rings. The predicted octanol–water partition coefficient (Wildman–Crippen LogP) is 4.13. The maximum Gasteiger partial charge on any atom is 0.421 e. The fourth-order valence-electron chi connectivity index (χ4n) is 4.85. The molecule has 2 aromatic carbocycles. The minimum Gasteiger partial charge on any atom is -0.463 e. The number of piperazine rings is 1. The summed E-state index contributed by atoms with van der Waals surface area (Å²) in [6.45, 7) is 4.15. The molecule has 1 unspecified atom stereocenters. The number of hydrogen-bond acceptors (Lipinski definition) is 7. The molecular formula is C30H34F3N3O4. The zero-order valence-corrected chi connectivity index (χ0v) is 22.3. The van der Waals surface area contributed by atoms with Gasteiger partial charge in [-0.15, -0.1) is 0 Å². The minimum absolute atomic E-state index is 0.0253. The van der Waals surface area contributed by atoms with E-state index in [-0.39, 0.29) is 37.2 Å². The summed E-state index contributed by atoms with van der Waals surface area (Å²) in [5.41, 5.74) is 0.633. The van der Waals surface area contributed by atoms with Crippen LogP contribution in [0.3, 0.4) is 0 Å². The number of rotatable bonds is 10. The number of carbonyl (C=O) groups excluding carboxylic acids is 1. The molecule has 10 heteroatoms. The third-order valence-electron chi connectivity index (χ3n) is 7.27. The van der Waals surface area contributed by atoms with Crippen LogP contribution in [0.4, 0.5) is 13.2 Å². The molecule has 2 atom stereocenters. The SMILES string of the molecule is CC(O)(c1ccc(-c2ccc(CN3CCN(Cc4ccncc4)C[C@@H]3CC(=O)OCCO)cc2)cc1)C(F)(F)F. The van der Waals surface area contributed by atoms with Gasteiger partial charge in [-0.1, -0.05) is 48.5 Å². The second-order valence-corrected chi connectivity index (χ2v) is 10.2. The highest BCUT2D eigenvalue weighted by atomic mass is 19.4. The van der Waals surface area contributed by atoms with E-state index in [0.29, 0.717) is 13.1 Å². The average molecular weight is 558 g/mol. The smallest absolute Gasteiger partial charge is 0.421 e. The Bertz CT molecular complexity index is 1240. The number of benzene rings is 2. The molecule has 0 spiro atoms. The number of halogens is 3. The van der Waals surface area contributed by atoms with E-state index in [1.807, 2.05) is 36.4 Å². The van der Waals surface area contributed by atoms with Gasteiger partial charge < -0.3 is 14.9 Å². The molecule has 1 saturated heterocycles. The van der Waals surface area contributed by atoms with Gasteiger partial charge in [0, 0.05) is 51.2 Å². The summed E-state index contributed by atoms with van der Waals surface area (Å²) < 4.78 is 44.6. The third-order valence-corrected chi connectivity index (χ3v) is 7.27. The fraction of sp³-hybridized carbons (Fsp3) is 0.400. The first-order chi connectivity index (χ1) is 19.1. The number of aliphatic hydroxyl groups excluding tert-OH is 1. The van der Waals surface area contributed by atoms with Gasteiger partial charge in [-0.2, -0.15) is 13.2 Å². The molecule has 40 heavy (non-hydrogen) atoms. The third kappa shape index (κ3) is 7.45. The van der Waals surface area contributed by atoms with Crippen LogP contribution in [0, 0.1) is 0 Å². The molecule has 214 valence electrons. The number of alkyl halides is 3. The van der Waals surface area contributed by atoms with Crippen molar-refractivity contribution < 1.29 is 32.9 Å². The van der Waals surface area contributed by atoms with Gasteiger partial charge in [-0.05, 0) is 46.9 Å². The van der Waals surface area contributed by atoms with Crippen molar-refractivity contribution in [1.82, 2.24) is 14.8 Å². The summed E-state index contributed by atoms with van der Waals surface area (Å²) in [7, 11) is 0. The van der Waals surface area contributed by atoms with Gasteiger partial charge in [0.25, 0.3) is 0 Å². The Morgan fingerprint density at radius 2 is 1.55 bits per heavy atom. The Labute approximate surface area is 231 Å². The quantitative estimate of drug-likeness (QED) is 0.363. The summed E-state index contributed by atoms with van der Waals surface area (Å²) in [6, 6.07) is 17.4. The number of esters is 1. The van der Waals surface area contributed by atoms with Crippen molar-refractivity contribution in [3.05, 3.63) is 89.7 Å². The van der Waals surface area contributed by atoms with E-state index in [4.69, 9.17) is 9.84 Å². The number of hydrogen-bond donors (Lipinski definition) is 2. The molecule has 0 aliphatic carbocycles. The van der Waals surface area contributed by atoms with Crippen LogP contribution in [0.2, 0.25) is 0 Å². The maximum atomic E-state index is 13.2. The maximum absolute atomic E-state index is 13.2. The molecule has 0 bridgehead atoms. The summed E-state index contributed by atoms with van der Waals surface area (Å²) in [5.74, 6) is -0.349. The van der Waals surface area contributed by atoms with Crippen molar-refractivity contribution >= 4 is 5.97 Å². The van der Waals surface area contributed by atoms with Gasteiger partial charge in [0.1, 0.15) is 6.61 Å². The summed E-state index contributed by atoms with van der Waals surface area (Å²) in [6.07, 6.45) is -1.04. The van der Waals surface area contributed by atoms with Gasteiger partial charge in [0.2, 0.25) is 0 Å². The number of aliphatic hydroxyl groups is 2. The van der Waals surface area contributed by atoms with Gasteiger partial charge >= 0.3 is 12.1 Å². The van der Waals surface area contributed by atoms with Crippen molar-refractivity contribution in [1.29, 1.82) is 0 Å². The van der Waals surface area contributed by atoms with Crippen LogP contribution in [0.15, 0.2) is 73.1 Å². The predicted molar refractivity (Wildman–Crippen MR) is 144 cm³/mol. The van der Waals surface area contributed by atoms with Gasteiger partial charge in [-0.25, -0.2) is 0 Å². The molecule has 0 radical (unpaired) electrons. The Kier molecular flexibility index (Phi) is 9.57. The first kappa shape index (κ1) is 29.7. The van der Waals surface area contributed by atoms with E-state index in [0.717, 1.165) is 48.8 Å². The highest BCUT2D eigenvalue weighted by Gasteiger charge is 2.51. The van der Waals surface area contributed by atoms with E-state index in [9.17, 15) is 23.1 Å². The molecule has 2 N–H and O–H groups in total. The van der Waals surface area contributed by atoms with Gasteiger partial charge in [0.15, 0.2) is 5.60 Å². The van der Waals surface area contributed by atoms with Crippen LogP contribution in [0.25, 0.3) is 11.1 Å². The highest BCUT2D eigenvalue weighted by Crippen LogP contribution is 2.39. The average Bonchev–Trinajstić information content (AvgIpc) is 2.94. The Morgan fingerprint density at radius 3 is 2.15 bits per heavy atom. The lowest BCUT2D eigenvalue weighted by atomic mass is 9.93. The molecule has 4 rings (SSSR count). The van der Waals surface area contributed by atoms with Gasteiger partial charge in [0.05, 0.1) is 13.0 Å². The van der Waals surface area contributed by atoms with E-state index in [2.05, 4.69) is 14.8 Å². The molecule has 2 heterocycles. The Morgan fingerprint density at radius 1 is 0.950 bits per heavy atom. The van der Waals surface area contributed by atoms with Crippen molar-refractivity contribution in [2.45, 2.75) is 44.3 Å². The first-order valence-electron chi connectivity index (χ1n) is 13.2. The lowest BCUT2D eigenvalue weighted by molar-refractivity contribution is -0.258. The second-order valence-electron chi connectivity index (χ2n) is 10.2. The standard InChI is InChI=1S/C30H34F3N3O4/c1-29(39,30(31,32)33)26-8-6-25(7-9-26)24-4-2-22(3-5-24)20-36-15-14-35(19-23-10-12-34-13-11-23)21-27(36)18-28(38)40-17-16-37/h2-13,27,37,39H,14-21H2,1H3/t27-,29?/m0/s1. The Balaban J connectivity index is 1.43. The highest BCUT2D eigenvalue weighted by molar-refractivity contribution is 5.70. The molecule has 0 amide bonds. The normalized spacial score (nSPS) is 18.3. The first-order valence-corrected chi connectivity index (χ1v) is 13.2. The fourth-order valence-corrected chi connectivity index (χ4v) is 4.85. The van der Waals surface area contributed by atoms with Crippen LogP contribution in [-0.2, 0) is 28.2 Å². The summed E-state index contributed by atoms with van der Waals surface area (Å²) in [4.78, 5) is 21.0. The van der Waals surface area contributed by atoms with Crippen molar-refractivity contribution in [2.75, 3.05) is 32.8 Å². The molecule has 1 aliphatic heterocycles. The van der Waals surface area contributed by atoms with E-state index >= 15 is 0 Å². The molecule has 1 fully saturated rings. The second kappa shape index (κ2) is 12.9. The number of carbonyl (C=O) groups is 1. The Hall–Kier alpha value is -3.31. The molecular weight excluding hydrogens is 523 g/mol. The van der Waals surface area contributed by atoms with E-state index in [1.165, 1.54) is 12.1 Å². The zero-order chi connectivity index (χ0) is 28.8. The largest absolute Gasteiger partial charge is 0.463 e. The molecule has 7 nitrogen and oxygen atoms in total. The van der Waals surface area contributed by atoms with Crippen LogP contribution in [0.5, 0.6) is 0 Å². The van der Waals surface area contributed by atoms with E-state index < -0.39 is 11.8 Å². The number of ether oxygens (including phenoxy) is 1. The van der Waals surface area contributed by atoms with Crippen molar-refractivity contribution in [3.8, 4) is 11.1 Å². The van der Waals surface area contributed by atoms with Crippen molar-refractivity contribution in [3.63, 3.8) is 0 Å². The number of aromatic nitrogens is 1. The summed E-state index contributed by atoms with van der Waals surface area (Å²) >= 11 is 0. The van der Waals surface area contributed by atoms with Crippen LogP contribution >= 0.6 is 0 Å². The number of nitrogens with zero attached hydrogens (tertiary/aromatic N) is 3. The zero-order valence-electron chi connectivity index (χ0n) is 22.3. The van der Waals surface area contributed by atoms with Gasteiger partial charge in [-0.3, -0.25) is 19.6 Å². The lowest BCUT2D eigenvalue weighted by Crippen LogP contribution is -2.53. The molecule has 0 saturated carbocycles. The van der Waals surface area contributed by atoms with Crippen LogP contribution in [0.1, 0.15) is 30.0 Å². The number of pyridine rings is 1. The summed E-state index contributed by atoms with van der Waals surface area (Å²) in [5, 5.41) is 18.9. The van der Waals surface area contributed by atoms with E-state index in [1.54, 1.807) is 24.5 Å². The topological polar surface area (TPSA) is 86.1 Å².